The molecule has 0 spiro atoms. The van der Waals surface area contributed by atoms with Gasteiger partial charge in [-0.3, -0.25) is 0 Å². The van der Waals surface area contributed by atoms with Crippen LogP contribution in [-0.4, -0.2) is 17.1 Å². The van der Waals surface area contributed by atoms with Crippen molar-refractivity contribution in [2.24, 2.45) is 10.9 Å². The zero-order valence-corrected chi connectivity index (χ0v) is 12.5. The second-order valence-electron chi connectivity index (χ2n) is 4.45. The number of hydrogen-bond acceptors (Lipinski definition) is 3. The Hall–Kier alpha value is -0.970. The summed E-state index contributed by atoms with van der Waals surface area (Å²) in [5.74, 6) is 0.216. The Morgan fingerprint density at radius 1 is 1.47 bits per heavy atom. The topological polar surface area (TPSA) is 70.6 Å². The molecule has 19 heavy (non-hydrogen) atoms. The van der Waals surface area contributed by atoms with Crippen molar-refractivity contribution in [1.29, 1.82) is 0 Å². The fraction of sp³-hybridized carbons (Fsp3) is 0.462. The number of hydrogen-bond donors (Lipinski definition) is 3. The first kappa shape index (κ1) is 16.1. The third-order valence-electron chi connectivity index (χ3n) is 2.99. The van der Waals surface area contributed by atoms with E-state index in [-0.39, 0.29) is 17.9 Å². The van der Waals surface area contributed by atoms with Crippen LogP contribution in [0.4, 0.5) is 0 Å². The van der Waals surface area contributed by atoms with Gasteiger partial charge in [-0.2, -0.15) is 0 Å². The minimum absolute atomic E-state index is 0.0567. The standard InChI is InChI=1S/C13H19Cl2N3O/c1-3-10(7-13(16)18-19)17-8(2)11-5-4-9(14)6-12(11)15/h4-6,8,10,17,19H,3,7H2,1-2H3,(H2,16,18). The first-order valence-corrected chi connectivity index (χ1v) is 6.90. The van der Waals surface area contributed by atoms with Gasteiger partial charge in [0.25, 0.3) is 0 Å². The molecule has 2 unspecified atom stereocenters. The molecule has 1 rings (SSSR count). The van der Waals surface area contributed by atoms with Crippen LogP contribution in [0.1, 0.15) is 38.3 Å². The van der Waals surface area contributed by atoms with E-state index < -0.39 is 0 Å². The van der Waals surface area contributed by atoms with E-state index in [1.165, 1.54) is 0 Å². The van der Waals surface area contributed by atoms with Crippen molar-refractivity contribution < 1.29 is 5.21 Å². The van der Waals surface area contributed by atoms with Gasteiger partial charge in [-0.15, -0.1) is 0 Å². The first-order chi connectivity index (χ1) is 8.97. The van der Waals surface area contributed by atoms with Crippen LogP contribution >= 0.6 is 23.2 Å². The lowest BCUT2D eigenvalue weighted by Gasteiger charge is -2.23. The Labute approximate surface area is 123 Å². The van der Waals surface area contributed by atoms with Gasteiger partial charge >= 0.3 is 0 Å². The molecule has 0 saturated heterocycles. The van der Waals surface area contributed by atoms with Crippen LogP contribution in [0.3, 0.4) is 0 Å². The van der Waals surface area contributed by atoms with E-state index >= 15 is 0 Å². The summed E-state index contributed by atoms with van der Waals surface area (Å²) >= 11 is 12.0. The van der Waals surface area contributed by atoms with Crippen LogP contribution in [0.25, 0.3) is 0 Å². The monoisotopic (exact) mass is 303 g/mol. The maximum absolute atomic E-state index is 8.60. The maximum atomic E-state index is 8.60. The third kappa shape index (κ3) is 4.90. The number of rotatable bonds is 6. The molecule has 0 heterocycles. The van der Waals surface area contributed by atoms with Crippen molar-refractivity contribution in [2.45, 2.75) is 38.8 Å². The van der Waals surface area contributed by atoms with E-state index in [1.807, 2.05) is 26.0 Å². The number of nitrogens with one attached hydrogen (secondary N) is 1. The highest BCUT2D eigenvalue weighted by Crippen LogP contribution is 2.26. The molecule has 0 fully saturated rings. The van der Waals surface area contributed by atoms with Gasteiger partial charge in [0.2, 0.25) is 0 Å². The summed E-state index contributed by atoms with van der Waals surface area (Å²) in [6.45, 7) is 4.06. The summed E-state index contributed by atoms with van der Waals surface area (Å²) in [6.07, 6.45) is 1.36. The van der Waals surface area contributed by atoms with Gasteiger partial charge in [-0.1, -0.05) is 41.3 Å². The van der Waals surface area contributed by atoms with E-state index in [0.29, 0.717) is 16.5 Å². The lowest BCUT2D eigenvalue weighted by atomic mass is 10.0. The molecule has 0 aliphatic carbocycles. The minimum atomic E-state index is 0.0567. The smallest absolute Gasteiger partial charge is 0.140 e. The Kier molecular flexibility index (Phi) is 6.42. The van der Waals surface area contributed by atoms with Gasteiger partial charge in [0.15, 0.2) is 0 Å². The van der Waals surface area contributed by atoms with E-state index in [9.17, 15) is 0 Å². The number of nitrogens with two attached hydrogens (primary N) is 1. The molecule has 0 aromatic heterocycles. The molecule has 4 N–H and O–H groups in total. The molecular weight excluding hydrogens is 285 g/mol. The van der Waals surface area contributed by atoms with E-state index in [0.717, 1.165) is 12.0 Å². The summed E-state index contributed by atoms with van der Waals surface area (Å²) in [6, 6.07) is 5.62. The highest BCUT2D eigenvalue weighted by molar-refractivity contribution is 6.35. The fourth-order valence-electron chi connectivity index (χ4n) is 1.91. The number of oxime groups is 1. The lowest BCUT2D eigenvalue weighted by Crippen LogP contribution is -2.35. The maximum Gasteiger partial charge on any atom is 0.140 e. The molecule has 6 heteroatoms. The Morgan fingerprint density at radius 3 is 2.68 bits per heavy atom. The van der Waals surface area contributed by atoms with Crippen molar-refractivity contribution in [3.8, 4) is 0 Å². The normalized spacial score (nSPS) is 15.3. The number of nitrogens with zero attached hydrogens (tertiary/aromatic N) is 1. The highest BCUT2D eigenvalue weighted by atomic mass is 35.5. The summed E-state index contributed by atoms with van der Waals surface area (Å²) in [7, 11) is 0. The third-order valence-corrected chi connectivity index (χ3v) is 3.55. The number of halogens is 2. The van der Waals surface area contributed by atoms with Crippen molar-refractivity contribution in [3.05, 3.63) is 33.8 Å². The largest absolute Gasteiger partial charge is 0.409 e. The summed E-state index contributed by atoms with van der Waals surface area (Å²) in [4.78, 5) is 0. The van der Waals surface area contributed by atoms with Crippen LogP contribution in [0.15, 0.2) is 23.4 Å². The van der Waals surface area contributed by atoms with Crippen LogP contribution < -0.4 is 11.1 Å². The molecule has 0 saturated carbocycles. The second kappa shape index (κ2) is 7.58. The average molecular weight is 304 g/mol. The molecule has 0 aliphatic heterocycles. The van der Waals surface area contributed by atoms with Gasteiger partial charge in [-0.25, -0.2) is 0 Å². The van der Waals surface area contributed by atoms with Crippen molar-refractivity contribution in [1.82, 2.24) is 5.32 Å². The molecule has 106 valence electrons. The molecule has 1 aromatic carbocycles. The quantitative estimate of drug-likeness (QED) is 0.326. The summed E-state index contributed by atoms with van der Waals surface area (Å²) in [5, 5.41) is 16.3. The number of benzene rings is 1. The zero-order chi connectivity index (χ0) is 14.4. The number of amidine groups is 1. The van der Waals surface area contributed by atoms with Crippen molar-refractivity contribution >= 4 is 29.0 Å². The Balaban J connectivity index is 2.74. The van der Waals surface area contributed by atoms with E-state index in [1.54, 1.807) is 6.07 Å². The zero-order valence-electron chi connectivity index (χ0n) is 11.0. The first-order valence-electron chi connectivity index (χ1n) is 6.15. The Morgan fingerprint density at radius 2 is 2.16 bits per heavy atom. The minimum Gasteiger partial charge on any atom is -0.409 e. The average Bonchev–Trinajstić information content (AvgIpc) is 2.37. The van der Waals surface area contributed by atoms with Gasteiger partial charge < -0.3 is 16.3 Å². The van der Waals surface area contributed by atoms with Gasteiger partial charge in [0.05, 0.1) is 0 Å². The SMILES string of the molecule is CCC(CC(N)=NO)NC(C)c1ccc(Cl)cc1Cl. The van der Waals surface area contributed by atoms with Crippen LogP contribution in [-0.2, 0) is 0 Å². The van der Waals surface area contributed by atoms with Crippen LogP contribution in [0.5, 0.6) is 0 Å². The summed E-state index contributed by atoms with van der Waals surface area (Å²) < 4.78 is 0. The van der Waals surface area contributed by atoms with Gasteiger partial charge in [0.1, 0.15) is 5.84 Å². The van der Waals surface area contributed by atoms with E-state index in [2.05, 4.69) is 10.5 Å². The molecule has 0 bridgehead atoms. The molecule has 1 aromatic rings. The van der Waals surface area contributed by atoms with Crippen molar-refractivity contribution in [3.63, 3.8) is 0 Å². The van der Waals surface area contributed by atoms with Crippen molar-refractivity contribution in [2.75, 3.05) is 0 Å². The summed E-state index contributed by atoms with van der Waals surface area (Å²) in [5.41, 5.74) is 6.51. The molecule has 0 amide bonds. The predicted octanol–water partition coefficient (Wildman–Crippen LogP) is 3.56. The molecular formula is C13H19Cl2N3O. The predicted molar refractivity (Wildman–Crippen MR) is 80.1 cm³/mol. The molecule has 2 atom stereocenters. The lowest BCUT2D eigenvalue weighted by molar-refractivity contribution is 0.315. The molecule has 4 nitrogen and oxygen atoms in total. The Bertz CT molecular complexity index is 452. The van der Waals surface area contributed by atoms with Gasteiger partial charge in [0, 0.05) is 28.5 Å². The second-order valence-corrected chi connectivity index (χ2v) is 5.30. The fourth-order valence-corrected chi connectivity index (χ4v) is 2.48. The molecule has 0 aliphatic rings. The highest BCUT2D eigenvalue weighted by Gasteiger charge is 2.15. The van der Waals surface area contributed by atoms with Crippen LogP contribution in [0, 0.1) is 0 Å². The molecule has 0 radical (unpaired) electrons. The van der Waals surface area contributed by atoms with Crippen LogP contribution in [0.2, 0.25) is 10.0 Å². The van der Waals surface area contributed by atoms with Gasteiger partial charge in [-0.05, 0) is 31.0 Å². The van der Waals surface area contributed by atoms with E-state index in [4.69, 9.17) is 34.1 Å².